The first kappa shape index (κ1) is 13.5. The van der Waals surface area contributed by atoms with Crippen LogP contribution in [-0.4, -0.2) is 9.38 Å². The number of hydrogen-bond donors (Lipinski definition) is 1. The van der Waals surface area contributed by atoms with Gasteiger partial charge >= 0.3 is 0 Å². The van der Waals surface area contributed by atoms with Gasteiger partial charge in [0.25, 0.3) is 0 Å². The predicted octanol–water partition coefficient (Wildman–Crippen LogP) is 4.88. The van der Waals surface area contributed by atoms with Crippen molar-refractivity contribution in [2.24, 2.45) is 0 Å². The minimum Gasteiger partial charge on any atom is -0.339 e. The van der Waals surface area contributed by atoms with Crippen LogP contribution in [0.15, 0.2) is 79.0 Å². The summed E-state index contributed by atoms with van der Waals surface area (Å²) in [5.41, 5.74) is 3.47. The van der Waals surface area contributed by atoms with Crippen LogP contribution < -0.4 is 5.32 Å². The number of aromatic nitrogens is 2. The van der Waals surface area contributed by atoms with Crippen LogP contribution in [0.2, 0.25) is 0 Å². The number of nitrogens with one attached hydrogen (secondary N) is 1. The van der Waals surface area contributed by atoms with Gasteiger partial charge in [0.1, 0.15) is 23.0 Å². The molecule has 0 fully saturated rings. The zero-order valence-corrected chi connectivity index (χ0v) is 12.3. The number of imidazole rings is 1. The van der Waals surface area contributed by atoms with Crippen LogP contribution in [0.1, 0.15) is 0 Å². The molecule has 112 valence electrons. The Morgan fingerprint density at radius 2 is 1.57 bits per heavy atom. The molecule has 3 nitrogen and oxygen atoms in total. The van der Waals surface area contributed by atoms with Gasteiger partial charge in [-0.25, -0.2) is 9.37 Å². The predicted molar refractivity (Wildman–Crippen MR) is 90.3 cm³/mol. The van der Waals surface area contributed by atoms with Crippen molar-refractivity contribution in [2.75, 3.05) is 5.32 Å². The van der Waals surface area contributed by atoms with E-state index in [2.05, 4.69) is 10.3 Å². The molecule has 2 heterocycles. The third-order valence-corrected chi connectivity index (χ3v) is 3.68. The highest BCUT2D eigenvalue weighted by molar-refractivity contribution is 5.79. The molecule has 0 atom stereocenters. The van der Waals surface area contributed by atoms with Crippen LogP contribution in [0.5, 0.6) is 0 Å². The van der Waals surface area contributed by atoms with Gasteiger partial charge in [0, 0.05) is 17.4 Å². The molecule has 0 aliphatic rings. The molecule has 4 aromatic rings. The van der Waals surface area contributed by atoms with Crippen LogP contribution in [0.25, 0.3) is 16.9 Å². The first-order valence-corrected chi connectivity index (χ1v) is 7.36. The first-order chi connectivity index (χ1) is 11.3. The lowest BCUT2D eigenvalue weighted by molar-refractivity contribution is 0.628. The van der Waals surface area contributed by atoms with Crippen LogP contribution in [-0.2, 0) is 0 Å². The maximum absolute atomic E-state index is 13.2. The molecule has 0 spiro atoms. The smallest absolute Gasteiger partial charge is 0.143 e. The quantitative estimate of drug-likeness (QED) is 0.584. The molecule has 1 N–H and O–H groups in total. The lowest BCUT2D eigenvalue weighted by atomic mass is 10.1. The lowest BCUT2D eigenvalue weighted by Gasteiger charge is -2.08. The molecule has 2 aromatic carbocycles. The fourth-order valence-electron chi connectivity index (χ4n) is 2.58. The number of fused-ring (bicyclic) bond motifs is 1. The molecule has 0 saturated heterocycles. The number of nitrogens with zero attached hydrogens (tertiary/aromatic N) is 2. The summed E-state index contributed by atoms with van der Waals surface area (Å²) >= 11 is 0. The van der Waals surface area contributed by atoms with Crippen molar-refractivity contribution in [3.63, 3.8) is 0 Å². The van der Waals surface area contributed by atoms with Crippen molar-refractivity contribution in [3.8, 4) is 11.3 Å². The van der Waals surface area contributed by atoms with Crippen molar-refractivity contribution in [3.05, 3.63) is 84.8 Å². The largest absolute Gasteiger partial charge is 0.339 e. The maximum Gasteiger partial charge on any atom is 0.143 e. The Labute approximate surface area is 133 Å². The van der Waals surface area contributed by atoms with Gasteiger partial charge in [-0.2, -0.15) is 0 Å². The van der Waals surface area contributed by atoms with Crippen LogP contribution in [0.4, 0.5) is 15.9 Å². The van der Waals surface area contributed by atoms with Crippen molar-refractivity contribution in [1.29, 1.82) is 0 Å². The SMILES string of the molecule is Fc1ccc(-c2nc3ccccn3c2Nc2ccccc2)cc1. The van der Waals surface area contributed by atoms with Gasteiger partial charge in [-0.1, -0.05) is 24.3 Å². The Kier molecular flexibility index (Phi) is 3.27. The van der Waals surface area contributed by atoms with E-state index in [1.54, 1.807) is 12.1 Å². The topological polar surface area (TPSA) is 29.3 Å². The molecule has 0 unspecified atom stereocenters. The molecule has 2 aromatic heterocycles. The number of rotatable bonds is 3. The summed E-state index contributed by atoms with van der Waals surface area (Å²) in [6.45, 7) is 0. The van der Waals surface area contributed by atoms with Gasteiger partial charge in [0.15, 0.2) is 0 Å². The second kappa shape index (κ2) is 5.57. The third kappa shape index (κ3) is 2.55. The Morgan fingerprint density at radius 1 is 0.826 bits per heavy atom. The molecule has 0 saturated carbocycles. The highest BCUT2D eigenvalue weighted by atomic mass is 19.1. The number of benzene rings is 2. The van der Waals surface area contributed by atoms with E-state index in [1.807, 2.05) is 59.1 Å². The summed E-state index contributed by atoms with van der Waals surface area (Å²) in [5.74, 6) is 0.605. The van der Waals surface area contributed by atoms with Crippen LogP contribution in [0, 0.1) is 5.82 Å². The number of para-hydroxylation sites is 1. The average molecular weight is 303 g/mol. The Balaban J connectivity index is 1.89. The minimum absolute atomic E-state index is 0.255. The van der Waals surface area contributed by atoms with E-state index >= 15 is 0 Å². The minimum atomic E-state index is -0.255. The van der Waals surface area contributed by atoms with Crippen molar-refractivity contribution < 1.29 is 4.39 Å². The van der Waals surface area contributed by atoms with Crippen molar-refractivity contribution >= 4 is 17.2 Å². The molecule has 4 rings (SSSR count). The molecule has 0 bridgehead atoms. The third-order valence-electron chi connectivity index (χ3n) is 3.68. The fraction of sp³-hybridized carbons (Fsp3) is 0. The van der Waals surface area contributed by atoms with Crippen LogP contribution in [0.3, 0.4) is 0 Å². The van der Waals surface area contributed by atoms with Gasteiger partial charge in [-0.15, -0.1) is 0 Å². The van der Waals surface area contributed by atoms with E-state index in [0.717, 1.165) is 28.4 Å². The summed E-state index contributed by atoms with van der Waals surface area (Å²) < 4.78 is 15.2. The molecule has 0 amide bonds. The second-order valence-electron chi connectivity index (χ2n) is 5.24. The van der Waals surface area contributed by atoms with E-state index < -0.39 is 0 Å². The number of pyridine rings is 1. The fourth-order valence-corrected chi connectivity index (χ4v) is 2.58. The van der Waals surface area contributed by atoms with Gasteiger partial charge < -0.3 is 5.32 Å². The van der Waals surface area contributed by atoms with Crippen LogP contribution >= 0.6 is 0 Å². The molecule has 4 heteroatoms. The van der Waals surface area contributed by atoms with Gasteiger partial charge in [-0.3, -0.25) is 4.40 Å². The zero-order chi connectivity index (χ0) is 15.6. The summed E-state index contributed by atoms with van der Waals surface area (Å²) in [7, 11) is 0. The number of halogens is 1. The maximum atomic E-state index is 13.2. The highest BCUT2D eigenvalue weighted by Gasteiger charge is 2.14. The number of anilines is 2. The standard InChI is InChI=1S/C19H14FN3/c20-15-11-9-14(10-12-15)18-19(21-16-6-2-1-3-7-16)23-13-5-4-8-17(23)22-18/h1-13,21H. The Bertz CT molecular complexity index is 943. The summed E-state index contributed by atoms with van der Waals surface area (Å²) in [5, 5.41) is 3.42. The molecular formula is C19H14FN3. The Hall–Kier alpha value is -3.14. The van der Waals surface area contributed by atoms with Gasteiger partial charge in [-0.05, 0) is 48.5 Å². The second-order valence-corrected chi connectivity index (χ2v) is 5.24. The average Bonchev–Trinajstić information content (AvgIpc) is 2.95. The molecule has 0 aliphatic heterocycles. The first-order valence-electron chi connectivity index (χ1n) is 7.36. The Morgan fingerprint density at radius 3 is 2.35 bits per heavy atom. The van der Waals surface area contributed by atoms with Gasteiger partial charge in [0.2, 0.25) is 0 Å². The normalized spacial score (nSPS) is 10.8. The monoisotopic (exact) mass is 303 g/mol. The van der Waals surface area contributed by atoms with Gasteiger partial charge in [0.05, 0.1) is 0 Å². The molecule has 0 aliphatic carbocycles. The summed E-state index contributed by atoms with van der Waals surface area (Å²) in [6.07, 6.45) is 1.96. The van der Waals surface area contributed by atoms with E-state index in [4.69, 9.17) is 0 Å². The molecular weight excluding hydrogens is 289 g/mol. The summed E-state index contributed by atoms with van der Waals surface area (Å²) in [6, 6.07) is 22.2. The van der Waals surface area contributed by atoms with Crippen molar-refractivity contribution in [2.45, 2.75) is 0 Å². The lowest BCUT2D eigenvalue weighted by Crippen LogP contribution is -1.96. The highest BCUT2D eigenvalue weighted by Crippen LogP contribution is 2.31. The van der Waals surface area contributed by atoms with E-state index in [9.17, 15) is 4.39 Å². The van der Waals surface area contributed by atoms with E-state index in [1.165, 1.54) is 12.1 Å². The molecule has 23 heavy (non-hydrogen) atoms. The van der Waals surface area contributed by atoms with E-state index in [0.29, 0.717) is 0 Å². The number of hydrogen-bond acceptors (Lipinski definition) is 2. The van der Waals surface area contributed by atoms with E-state index in [-0.39, 0.29) is 5.82 Å². The summed E-state index contributed by atoms with van der Waals surface area (Å²) in [4.78, 5) is 4.69. The van der Waals surface area contributed by atoms with Crippen molar-refractivity contribution in [1.82, 2.24) is 9.38 Å². The molecule has 0 radical (unpaired) electrons. The zero-order valence-electron chi connectivity index (χ0n) is 12.3.